The molecule has 8 nitrogen and oxygen atoms in total. The molecule has 1 amide bonds. The van der Waals surface area contributed by atoms with E-state index in [2.05, 4.69) is 27.2 Å². The first-order chi connectivity index (χ1) is 16.1. The smallest absolute Gasteiger partial charge is 0.237 e. The lowest BCUT2D eigenvalue weighted by Gasteiger charge is -2.25. The molecule has 2 aliphatic rings. The minimum atomic E-state index is -0.0109. The van der Waals surface area contributed by atoms with Gasteiger partial charge in [0, 0.05) is 33.3 Å². The number of benzene rings is 1. The van der Waals surface area contributed by atoms with Crippen LogP contribution in [0.1, 0.15) is 24.2 Å². The number of ether oxygens (including phenoxy) is 1. The summed E-state index contributed by atoms with van der Waals surface area (Å²) < 4.78 is 14.2. The standard InChI is InChI=1S/C24H29N5O3S/c1-27-17-25-26-24(27)33-23-10-9-20(32-23)12-28-13-21(31-16-19-7-8-19)14-29(22(30)15-28)11-18-5-3-2-4-6-18/h2-6,9-10,17,19,21H,7-8,11-16H2,1H3/t21-/m0/s1. The van der Waals surface area contributed by atoms with E-state index in [1.165, 1.54) is 24.6 Å². The third kappa shape index (κ3) is 6.04. The molecule has 2 fully saturated rings. The van der Waals surface area contributed by atoms with Crippen LogP contribution in [-0.2, 0) is 29.7 Å². The van der Waals surface area contributed by atoms with Gasteiger partial charge in [-0.15, -0.1) is 10.2 Å². The summed E-state index contributed by atoms with van der Waals surface area (Å²) in [5.41, 5.74) is 1.14. The first-order valence-electron chi connectivity index (χ1n) is 11.4. The number of rotatable bonds is 9. The number of carbonyl (C=O) groups is 1. The van der Waals surface area contributed by atoms with Gasteiger partial charge >= 0.3 is 0 Å². The van der Waals surface area contributed by atoms with Crippen molar-refractivity contribution in [2.24, 2.45) is 13.0 Å². The molecule has 0 unspecified atom stereocenters. The van der Waals surface area contributed by atoms with Crippen LogP contribution in [0.5, 0.6) is 0 Å². The fourth-order valence-corrected chi connectivity index (χ4v) is 4.71. The highest BCUT2D eigenvalue weighted by Gasteiger charge is 2.31. The number of furan rings is 1. The fraction of sp³-hybridized carbons (Fsp3) is 0.458. The summed E-state index contributed by atoms with van der Waals surface area (Å²) in [6.45, 7) is 3.62. The van der Waals surface area contributed by atoms with Gasteiger partial charge in [-0.2, -0.15) is 0 Å². The lowest BCUT2D eigenvalue weighted by Crippen LogP contribution is -2.37. The van der Waals surface area contributed by atoms with E-state index in [4.69, 9.17) is 9.15 Å². The number of aromatic nitrogens is 3. The van der Waals surface area contributed by atoms with Crippen LogP contribution < -0.4 is 0 Å². The molecule has 0 radical (unpaired) electrons. The third-order valence-electron chi connectivity index (χ3n) is 5.96. The molecule has 3 heterocycles. The average Bonchev–Trinajstić information content (AvgIpc) is 3.44. The number of carbonyl (C=O) groups excluding carboxylic acids is 1. The quantitative estimate of drug-likeness (QED) is 0.478. The van der Waals surface area contributed by atoms with Gasteiger partial charge in [0.15, 0.2) is 10.2 Å². The van der Waals surface area contributed by atoms with E-state index in [-0.39, 0.29) is 12.0 Å². The van der Waals surface area contributed by atoms with E-state index in [0.29, 0.717) is 38.6 Å². The van der Waals surface area contributed by atoms with Gasteiger partial charge in [0.2, 0.25) is 5.91 Å². The monoisotopic (exact) mass is 467 g/mol. The Bertz CT molecular complexity index is 1070. The molecular weight excluding hydrogens is 438 g/mol. The summed E-state index contributed by atoms with van der Waals surface area (Å²) in [7, 11) is 1.90. The Hall–Kier alpha value is -2.62. The zero-order valence-electron chi connectivity index (χ0n) is 18.8. The van der Waals surface area contributed by atoms with E-state index < -0.39 is 0 Å². The second-order valence-corrected chi connectivity index (χ2v) is 9.85. The predicted molar refractivity (Wildman–Crippen MR) is 123 cm³/mol. The second kappa shape index (κ2) is 10.1. The molecule has 1 aromatic carbocycles. The Morgan fingerprint density at radius 1 is 1.12 bits per heavy atom. The molecule has 1 aliphatic carbocycles. The largest absolute Gasteiger partial charge is 0.453 e. The molecule has 9 heteroatoms. The van der Waals surface area contributed by atoms with Crippen molar-refractivity contribution in [3.8, 4) is 0 Å². The molecule has 33 heavy (non-hydrogen) atoms. The number of amides is 1. The lowest BCUT2D eigenvalue weighted by molar-refractivity contribution is -0.132. The van der Waals surface area contributed by atoms with Crippen LogP contribution >= 0.6 is 11.8 Å². The maximum atomic E-state index is 13.1. The van der Waals surface area contributed by atoms with Crippen molar-refractivity contribution in [3.63, 3.8) is 0 Å². The minimum Gasteiger partial charge on any atom is -0.453 e. The number of hydrogen-bond acceptors (Lipinski definition) is 7. The second-order valence-electron chi connectivity index (χ2n) is 8.88. The first kappa shape index (κ1) is 22.2. The van der Waals surface area contributed by atoms with E-state index in [1.807, 2.05) is 46.8 Å². The van der Waals surface area contributed by atoms with Gasteiger partial charge in [0.1, 0.15) is 12.1 Å². The number of nitrogens with zero attached hydrogens (tertiary/aromatic N) is 5. The van der Waals surface area contributed by atoms with Crippen molar-refractivity contribution in [3.05, 3.63) is 60.1 Å². The van der Waals surface area contributed by atoms with Crippen LogP contribution in [0, 0.1) is 5.92 Å². The molecule has 1 atom stereocenters. The van der Waals surface area contributed by atoms with Crippen LogP contribution in [0.2, 0.25) is 0 Å². The fourth-order valence-electron chi connectivity index (χ4n) is 3.96. The van der Waals surface area contributed by atoms with Gasteiger partial charge in [0.25, 0.3) is 0 Å². The van der Waals surface area contributed by atoms with Crippen molar-refractivity contribution < 1.29 is 13.9 Å². The summed E-state index contributed by atoms with van der Waals surface area (Å²) in [5, 5.41) is 9.52. The summed E-state index contributed by atoms with van der Waals surface area (Å²) in [4.78, 5) is 17.2. The van der Waals surface area contributed by atoms with Crippen LogP contribution in [0.4, 0.5) is 0 Å². The summed E-state index contributed by atoms with van der Waals surface area (Å²) in [6, 6.07) is 14.1. The molecule has 174 valence electrons. The Labute approximate surface area is 197 Å². The van der Waals surface area contributed by atoms with E-state index in [1.54, 1.807) is 6.33 Å². The number of hydrogen-bond donors (Lipinski definition) is 0. The van der Waals surface area contributed by atoms with E-state index in [0.717, 1.165) is 28.2 Å². The highest BCUT2D eigenvalue weighted by atomic mass is 32.2. The number of aryl methyl sites for hydroxylation is 1. The van der Waals surface area contributed by atoms with Crippen LogP contribution in [0.15, 0.2) is 63.5 Å². The zero-order valence-corrected chi connectivity index (χ0v) is 19.6. The molecule has 2 aromatic heterocycles. The molecular formula is C24H29N5O3S. The van der Waals surface area contributed by atoms with E-state index in [9.17, 15) is 4.79 Å². The first-order valence-corrected chi connectivity index (χ1v) is 12.2. The third-order valence-corrected chi connectivity index (χ3v) is 6.93. The maximum Gasteiger partial charge on any atom is 0.237 e. The van der Waals surface area contributed by atoms with Crippen LogP contribution in [0.25, 0.3) is 0 Å². The Kier molecular flexibility index (Phi) is 6.80. The minimum absolute atomic E-state index is 0.0109. The van der Waals surface area contributed by atoms with Crippen LogP contribution in [-0.4, -0.2) is 62.8 Å². The molecule has 3 aromatic rings. The SMILES string of the molecule is Cn1cnnc1Sc1ccc(CN2CC(=O)N(Cc3ccccc3)C[C@@H](OCC3CC3)C2)o1. The Morgan fingerprint density at radius 2 is 1.97 bits per heavy atom. The van der Waals surface area contributed by atoms with Gasteiger partial charge in [0.05, 0.1) is 19.2 Å². The molecule has 0 bridgehead atoms. The van der Waals surface area contributed by atoms with Gasteiger partial charge in [-0.25, -0.2) is 0 Å². The molecule has 1 saturated heterocycles. The van der Waals surface area contributed by atoms with Crippen LogP contribution in [0.3, 0.4) is 0 Å². The highest BCUT2D eigenvalue weighted by molar-refractivity contribution is 7.99. The van der Waals surface area contributed by atoms with Crippen molar-refractivity contribution in [1.82, 2.24) is 24.6 Å². The topological polar surface area (TPSA) is 76.6 Å². The van der Waals surface area contributed by atoms with Crippen molar-refractivity contribution in [2.45, 2.75) is 42.3 Å². The van der Waals surface area contributed by atoms with Crippen molar-refractivity contribution in [2.75, 3.05) is 26.2 Å². The Morgan fingerprint density at radius 3 is 2.73 bits per heavy atom. The summed E-state index contributed by atoms with van der Waals surface area (Å²) in [5.74, 6) is 1.63. The lowest BCUT2D eigenvalue weighted by atomic mass is 10.2. The molecule has 5 rings (SSSR count). The average molecular weight is 468 g/mol. The Balaban J connectivity index is 1.25. The predicted octanol–water partition coefficient (Wildman–Crippen LogP) is 3.20. The van der Waals surface area contributed by atoms with E-state index >= 15 is 0 Å². The molecule has 1 aliphatic heterocycles. The summed E-state index contributed by atoms with van der Waals surface area (Å²) >= 11 is 1.43. The van der Waals surface area contributed by atoms with Crippen molar-refractivity contribution >= 4 is 17.7 Å². The molecule has 1 saturated carbocycles. The molecule has 0 spiro atoms. The van der Waals surface area contributed by atoms with Gasteiger partial charge in [-0.3, -0.25) is 9.69 Å². The summed E-state index contributed by atoms with van der Waals surface area (Å²) in [6.07, 6.45) is 4.16. The highest BCUT2D eigenvalue weighted by Crippen LogP contribution is 2.30. The zero-order chi connectivity index (χ0) is 22.6. The van der Waals surface area contributed by atoms with Gasteiger partial charge in [-0.05, 0) is 48.2 Å². The van der Waals surface area contributed by atoms with Gasteiger partial charge in [-0.1, -0.05) is 30.3 Å². The van der Waals surface area contributed by atoms with Gasteiger partial charge < -0.3 is 18.6 Å². The normalized spacial score (nSPS) is 19.7. The van der Waals surface area contributed by atoms with Crippen molar-refractivity contribution in [1.29, 1.82) is 0 Å². The maximum absolute atomic E-state index is 13.1. The molecule has 0 N–H and O–H groups in total.